The van der Waals surface area contributed by atoms with Gasteiger partial charge in [0, 0.05) is 0 Å². The lowest BCUT2D eigenvalue weighted by Crippen LogP contribution is -2.19. The molecule has 3 aromatic rings. The molecule has 1 aromatic heterocycles. The fourth-order valence-electron chi connectivity index (χ4n) is 2.06. The van der Waals surface area contributed by atoms with Crippen molar-refractivity contribution in [1.29, 1.82) is 0 Å². The number of alkyl halides is 3. The third kappa shape index (κ3) is 3.98. The second-order valence-corrected chi connectivity index (χ2v) is 7.54. The number of benzene rings is 2. The van der Waals surface area contributed by atoms with Crippen molar-refractivity contribution in [3.8, 4) is 11.6 Å². The molecule has 0 saturated carbocycles. The lowest BCUT2D eigenvalue weighted by Gasteiger charge is -2.09. The molecule has 0 radical (unpaired) electrons. The third-order valence-electron chi connectivity index (χ3n) is 3.32. The molecular weight excluding hydrogens is 405 g/mol. The molecule has 0 N–H and O–H groups in total. The van der Waals surface area contributed by atoms with E-state index in [4.69, 9.17) is 4.74 Å². The van der Waals surface area contributed by atoms with Gasteiger partial charge in [-0.15, -0.1) is 4.37 Å². The minimum absolute atomic E-state index is 0.155. The van der Waals surface area contributed by atoms with Crippen LogP contribution in [0.5, 0.6) is 11.6 Å². The molecule has 0 unspecified atom stereocenters. The SMILES string of the molecule is O=c1c(Oc2cccc(C(F)(F)F)c2)nsnc1S(=O)(=O)c1ccccc1. The monoisotopic (exact) mass is 414 g/mol. The standard InChI is InChI=1S/C16H9F3N2O4S2/c17-16(18,19)10-5-4-6-11(9-10)25-14-13(22)15(21-26-20-14)27(23,24)12-7-2-1-3-8-12/h1-9H. The molecule has 0 aliphatic rings. The van der Waals surface area contributed by atoms with Crippen LogP contribution >= 0.6 is 11.7 Å². The summed E-state index contributed by atoms with van der Waals surface area (Å²) >= 11 is 0.394. The quantitative estimate of drug-likeness (QED) is 0.649. The van der Waals surface area contributed by atoms with Crippen molar-refractivity contribution in [3.05, 3.63) is 70.4 Å². The number of hydrogen-bond acceptors (Lipinski definition) is 7. The van der Waals surface area contributed by atoms with Crippen molar-refractivity contribution in [2.75, 3.05) is 0 Å². The summed E-state index contributed by atoms with van der Waals surface area (Å²) in [6.07, 6.45) is -4.60. The summed E-state index contributed by atoms with van der Waals surface area (Å²) in [6, 6.07) is 10.9. The second-order valence-electron chi connectivity index (χ2n) is 5.15. The van der Waals surface area contributed by atoms with Crippen LogP contribution in [0.2, 0.25) is 0 Å². The summed E-state index contributed by atoms with van der Waals surface area (Å²) in [5, 5.41) is -0.810. The molecule has 0 aliphatic heterocycles. The van der Waals surface area contributed by atoms with E-state index in [-0.39, 0.29) is 10.6 Å². The summed E-state index contributed by atoms with van der Waals surface area (Å²) in [5.41, 5.74) is -2.13. The Bertz CT molecular complexity index is 1130. The fourth-order valence-corrected chi connectivity index (χ4v) is 4.02. The van der Waals surface area contributed by atoms with Gasteiger partial charge in [-0.1, -0.05) is 24.3 Å². The molecule has 2 aromatic carbocycles. The van der Waals surface area contributed by atoms with Gasteiger partial charge in [0.25, 0.3) is 11.3 Å². The highest BCUT2D eigenvalue weighted by atomic mass is 32.2. The van der Waals surface area contributed by atoms with Gasteiger partial charge in [0.1, 0.15) is 5.75 Å². The van der Waals surface area contributed by atoms with E-state index in [0.29, 0.717) is 17.8 Å². The van der Waals surface area contributed by atoms with Crippen molar-refractivity contribution in [3.63, 3.8) is 0 Å². The molecular formula is C16H9F3N2O4S2. The summed E-state index contributed by atoms with van der Waals surface area (Å²) in [5.74, 6) is -0.986. The zero-order valence-electron chi connectivity index (χ0n) is 13.2. The summed E-state index contributed by atoms with van der Waals surface area (Å²) in [7, 11) is -4.23. The topological polar surface area (TPSA) is 86.2 Å². The molecule has 0 bridgehead atoms. The Hall–Kier alpha value is -2.79. The number of rotatable bonds is 4. The van der Waals surface area contributed by atoms with E-state index in [0.717, 1.165) is 12.1 Å². The molecule has 6 nitrogen and oxygen atoms in total. The highest BCUT2D eigenvalue weighted by molar-refractivity contribution is 7.91. The van der Waals surface area contributed by atoms with Crippen LogP contribution in [0.4, 0.5) is 13.2 Å². The predicted molar refractivity (Wildman–Crippen MR) is 89.6 cm³/mol. The van der Waals surface area contributed by atoms with E-state index in [9.17, 15) is 26.4 Å². The van der Waals surface area contributed by atoms with E-state index in [1.54, 1.807) is 6.07 Å². The number of ether oxygens (including phenoxy) is 1. The van der Waals surface area contributed by atoms with Gasteiger partial charge in [0.2, 0.25) is 14.9 Å². The first-order valence-electron chi connectivity index (χ1n) is 7.22. The van der Waals surface area contributed by atoms with E-state index in [2.05, 4.69) is 8.75 Å². The van der Waals surface area contributed by atoms with Gasteiger partial charge in [0.15, 0.2) is 0 Å². The lowest BCUT2D eigenvalue weighted by atomic mass is 10.2. The number of hydrogen-bond donors (Lipinski definition) is 0. The molecule has 0 spiro atoms. The van der Waals surface area contributed by atoms with Crippen LogP contribution in [0.1, 0.15) is 5.56 Å². The van der Waals surface area contributed by atoms with Crippen LogP contribution in [-0.4, -0.2) is 17.2 Å². The van der Waals surface area contributed by atoms with Gasteiger partial charge >= 0.3 is 6.18 Å². The Balaban J connectivity index is 2.01. The molecule has 0 amide bonds. The van der Waals surface area contributed by atoms with E-state index < -0.39 is 37.9 Å². The maximum absolute atomic E-state index is 12.8. The molecule has 11 heteroatoms. The first kappa shape index (κ1) is 19.0. The smallest absolute Gasteiger partial charge is 0.416 e. The summed E-state index contributed by atoms with van der Waals surface area (Å²) < 4.78 is 75.7. The molecule has 140 valence electrons. The Morgan fingerprint density at radius 1 is 0.963 bits per heavy atom. The van der Waals surface area contributed by atoms with Crippen molar-refractivity contribution in [1.82, 2.24) is 8.75 Å². The zero-order chi connectivity index (χ0) is 19.7. The predicted octanol–water partition coefficient (Wildman–Crippen LogP) is 3.54. The highest BCUT2D eigenvalue weighted by Crippen LogP contribution is 2.32. The molecule has 27 heavy (non-hydrogen) atoms. The van der Waals surface area contributed by atoms with Crippen molar-refractivity contribution < 1.29 is 26.3 Å². The van der Waals surface area contributed by atoms with E-state index in [1.807, 2.05) is 0 Å². The first-order valence-corrected chi connectivity index (χ1v) is 9.43. The molecule has 0 atom stereocenters. The minimum Gasteiger partial charge on any atom is -0.435 e. The van der Waals surface area contributed by atoms with E-state index >= 15 is 0 Å². The highest BCUT2D eigenvalue weighted by Gasteiger charge is 2.31. The van der Waals surface area contributed by atoms with Crippen LogP contribution < -0.4 is 10.2 Å². The maximum atomic E-state index is 12.8. The fraction of sp³-hybridized carbons (Fsp3) is 0.0625. The molecule has 1 heterocycles. The van der Waals surface area contributed by atoms with Crippen LogP contribution in [0, 0.1) is 0 Å². The van der Waals surface area contributed by atoms with E-state index in [1.165, 1.54) is 30.3 Å². The number of nitrogens with zero attached hydrogens (tertiary/aromatic N) is 2. The third-order valence-corrected chi connectivity index (χ3v) is 5.63. The molecule has 0 aliphatic carbocycles. The van der Waals surface area contributed by atoms with Gasteiger partial charge in [-0.2, -0.15) is 17.5 Å². The Labute approximate surface area is 155 Å². The lowest BCUT2D eigenvalue weighted by molar-refractivity contribution is -0.137. The number of halogens is 3. The number of sulfone groups is 1. The van der Waals surface area contributed by atoms with Crippen LogP contribution in [0.15, 0.2) is 69.3 Å². The normalized spacial score (nSPS) is 12.0. The molecule has 0 fully saturated rings. The maximum Gasteiger partial charge on any atom is 0.416 e. The van der Waals surface area contributed by atoms with Crippen LogP contribution in [-0.2, 0) is 16.0 Å². The van der Waals surface area contributed by atoms with Gasteiger partial charge in [-0.05, 0) is 30.3 Å². The largest absolute Gasteiger partial charge is 0.435 e. The van der Waals surface area contributed by atoms with Gasteiger partial charge in [-0.3, -0.25) is 4.79 Å². The minimum atomic E-state index is -4.60. The summed E-state index contributed by atoms with van der Waals surface area (Å²) in [6.45, 7) is 0. The Morgan fingerprint density at radius 3 is 2.33 bits per heavy atom. The number of aromatic nitrogens is 2. The van der Waals surface area contributed by atoms with Crippen molar-refractivity contribution in [2.24, 2.45) is 0 Å². The van der Waals surface area contributed by atoms with Gasteiger partial charge < -0.3 is 4.74 Å². The Kier molecular flexibility index (Phi) is 4.98. The van der Waals surface area contributed by atoms with Crippen molar-refractivity contribution >= 4 is 21.6 Å². The van der Waals surface area contributed by atoms with Gasteiger partial charge in [0.05, 0.1) is 22.2 Å². The van der Waals surface area contributed by atoms with Crippen molar-refractivity contribution in [2.45, 2.75) is 16.1 Å². The van der Waals surface area contributed by atoms with Crippen LogP contribution in [0.3, 0.4) is 0 Å². The van der Waals surface area contributed by atoms with Gasteiger partial charge in [-0.25, -0.2) is 8.42 Å². The zero-order valence-corrected chi connectivity index (χ0v) is 14.8. The second kappa shape index (κ2) is 7.08. The Morgan fingerprint density at radius 2 is 1.67 bits per heavy atom. The first-order chi connectivity index (χ1) is 12.7. The summed E-state index contributed by atoms with van der Waals surface area (Å²) in [4.78, 5) is 12.3. The average Bonchev–Trinajstić information content (AvgIpc) is 2.63. The molecule has 0 saturated heterocycles. The molecule has 3 rings (SSSR count). The average molecular weight is 414 g/mol. The van der Waals surface area contributed by atoms with Crippen LogP contribution in [0.25, 0.3) is 0 Å².